The number of hydrogen-bond donors (Lipinski definition) is 1. The highest BCUT2D eigenvalue weighted by atomic mass is 16.2. The molecule has 7 heteroatoms. The highest BCUT2D eigenvalue weighted by Crippen LogP contribution is 2.22. The molecule has 1 saturated heterocycles. The smallest absolute Gasteiger partial charge is 0.222 e. The lowest BCUT2D eigenvalue weighted by Gasteiger charge is -2.35. The molecule has 7 nitrogen and oxygen atoms in total. The van der Waals surface area contributed by atoms with Crippen molar-refractivity contribution in [2.45, 2.75) is 26.2 Å². The molecule has 3 heterocycles. The fraction of sp³-hybridized carbons (Fsp3) is 0.571. The number of unbranched alkanes of at least 4 members (excludes halogenated alkanes) is 1. The molecule has 0 saturated carbocycles. The SMILES string of the molecule is CCCCC(=O)N1CCN(c2ncnc3[nH]ncc23)CC1. The molecule has 2 aromatic heterocycles. The maximum absolute atomic E-state index is 12.0. The number of carbonyl (C=O) groups excluding carboxylic acids is 1. The van der Waals surface area contributed by atoms with Crippen molar-refractivity contribution in [2.24, 2.45) is 0 Å². The number of H-pyrrole nitrogens is 1. The van der Waals surface area contributed by atoms with Crippen LogP contribution < -0.4 is 4.90 Å². The van der Waals surface area contributed by atoms with Gasteiger partial charge in [-0.2, -0.15) is 5.10 Å². The van der Waals surface area contributed by atoms with E-state index in [9.17, 15) is 4.79 Å². The minimum Gasteiger partial charge on any atom is -0.352 e. The van der Waals surface area contributed by atoms with Crippen molar-refractivity contribution in [3.8, 4) is 0 Å². The van der Waals surface area contributed by atoms with Crippen LogP contribution in [0.3, 0.4) is 0 Å². The molecule has 112 valence electrons. The number of anilines is 1. The third-order valence-corrected chi connectivity index (χ3v) is 3.90. The molecular weight excluding hydrogens is 268 g/mol. The van der Waals surface area contributed by atoms with Crippen LogP contribution in [0.25, 0.3) is 11.0 Å². The van der Waals surface area contributed by atoms with Gasteiger partial charge in [-0.05, 0) is 6.42 Å². The van der Waals surface area contributed by atoms with E-state index >= 15 is 0 Å². The molecule has 0 atom stereocenters. The van der Waals surface area contributed by atoms with Gasteiger partial charge in [0.05, 0.1) is 11.6 Å². The number of aromatic amines is 1. The number of nitrogens with one attached hydrogen (secondary N) is 1. The topological polar surface area (TPSA) is 78.0 Å². The molecule has 0 aromatic carbocycles. The van der Waals surface area contributed by atoms with Gasteiger partial charge in [0.2, 0.25) is 5.91 Å². The van der Waals surface area contributed by atoms with Crippen molar-refractivity contribution >= 4 is 22.8 Å². The average Bonchev–Trinajstić information content (AvgIpc) is 3.01. The van der Waals surface area contributed by atoms with E-state index in [4.69, 9.17) is 0 Å². The predicted octanol–water partition coefficient (Wildman–Crippen LogP) is 1.19. The van der Waals surface area contributed by atoms with E-state index in [2.05, 4.69) is 32.0 Å². The minimum absolute atomic E-state index is 0.271. The maximum Gasteiger partial charge on any atom is 0.222 e. The molecule has 21 heavy (non-hydrogen) atoms. The number of rotatable bonds is 4. The lowest BCUT2D eigenvalue weighted by Crippen LogP contribution is -2.49. The predicted molar refractivity (Wildman–Crippen MR) is 80.0 cm³/mol. The number of nitrogens with zero attached hydrogens (tertiary/aromatic N) is 5. The highest BCUT2D eigenvalue weighted by molar-refractivity contribution is 5.86. The Balaban J connectivity index is 1.66. The Morgan fingerprint density at radius 1 is 1.29 bits per heavy atom. The first-order valence-electron chi connectivity index (χ1n) is 7.46. The summed E-state index contributed by atoms with van der Waals surface area (Å²) in [6.45, 7) is 5.22. The molecule has 1 aliphatic heterocycles. The molecule has 1 amide bonds. The molecule has 0 spiro atoms. The maximum atomic E-state index is 12.0. The zero-order chi connectivity index (χ0) is 14.7. The van der Waals surface area contributed by atoms with Gasteiger partial charge in [0.1, 0.15) is 12.1 Å². The summed E-state index contributed by atoms with van der Waals surface area (Å²) in [4.78, 5) is 24.7. The molecule has 0 radical (unpaired) electrons. The summed E-state index contributed by atoms with van der Waals surface area (Å²) >= 11 is 0. The molecule has 3 rings (SSSR count). The highest BCUT2D eigenvalue weighted by Gasteiger charge is 2.22. The molecule has 0 aliphatic carbocycles. The van der Waals surface area contributed by atoms with E-state index in [1.165, 1.54) is 0 Å². The van der Waals surface area contributed by atoms with Crippen molar-refractivity contribution < 1.29 is 4.79 Å². The summed E-state index contributed by atoms with van der Waals surface area (Å²) in [5.74, 6) is 1.17. The standard InChI is InChI=1S/C14H20N6O/c1-2-3-4-12(21)19-5-7-20(8-6-19)14-11-9-17-18-13(11)15-10-16-14/h9-10H,2-8H2,1H3,(H,15,16,17,18). The Hall–Kier alpha value is -2.18. The van der Waals surface area contributed by atoms with Crippen LogP contribution in [0.4, 0.5) is 5.82 Å². The monoisotopic (exact) mass is 288 g/mol. The molecule has 1 N–H and O–H groups in total. The number of piperazine rings is 1. The normalized spacial score (nSPS) is 15.7. The van der Waals surface area contributed by atoms with Crippen molar-refractivity contribution in [1.29, 1.82) is 0 Å². The van der Waals surface area contributed by atoms with E-state index in [-0.39, 0.29) is 5.91 Å². The van der Waals surface area contributed by atoms with Crippen molar-refractivity contribution in [2.75, 3.05) is 31.1 Å². The molecule has 0 unspecified atom stereocenters. The van der Waals surface area contributed by atoms with E-state index in [1.54, 1.807) is 12.5 Å². The average molecular weight is 288 g/mol. The fourth-order valence-corrected chi connectivity index (χ4v) is 2.66. The van der Waals surface area contributed by atoms with Gasteiger partial charge in [0.25, 0.3) is 0 Å². The first-order chi connectivity index (χ1) is 10.3. The number of amides is 1. The van der Waals surface area contributed by atoms with E-state index in [1.807, 2.05) is 4.90 Å². The van der Waals surface area contributed by atoms with Crippen LogP contribution in [-0.2, 0) is 4.79 Å². The van der Waals surface area contributed by atoms with Crippen LogP contribution in [0.5, 0.6) is 0 Å². The summed E-state index contributed by atoms with van der Waals surface area (Å²) < 4.78 is 0. The fourth-order valence-electron chi connectivity index (χ4n) is 2.66. The quantitative estimate of drug-likeness (QED) is 0.914. The second kappa shape index (κ2) is 6.07. The minimum atomic E-state index is 0.271. The summed E-state index contributed by atoms with van der Waals surface area (Å²) in [6, 6.07) is 0. The van der Waals surface area contributed by atoms with Gasteiger partial charge < -0.3 is 9.80 Å². The summed E-state index contributed by atoms with van der Waals surface area (Å²) in [7, 11) is 0. The van der Waals surface area contributed by atoms with Crippen LogP contribution in [0.15, 0.2) is 12.5 Å². The number of aromatic nitrogens is 4. The second-order valence-electron chi connectivity index (χ2n) is 5.30. The van der Waals surface area contributed by atoms with E-state index in [0.717, 1.165) is 55.9 Å². The number of carbonyl (C=O) groups is 1. The van der Waals surface area contributed by atoms with Crippen LogP contribution in [0, 0.1) is 0 Å². The van der Waals surface area contributed by atoms with Gasteiger partial charge in [-0.15, -0.1) is 0 Å². The second-order valence-corrected chi connectivity index (χ2v) is 5.30. The summed E-state index contributed by atoms with van der Waals surface area (Å²) in [6.07, 6.45) is 6.00. The first kappa shape index (κ1) is 13.8. The number of fused-ring (bicyclic) bond motifs is 1. The molecule has 1 fully saturated rings. The number of hydrogen-bond acceptors (Lipinski definition) is 5. The van der Waals surface area contributed by atoms with E-state index in [0.29, 0.717) is 6.42 Å². The van der Waals surface area contributed by atoms with Crippen LogP contribution in [-0.4, -0.2) is 57.2 Å². The van der Waals surface area contributed by atoms with Gasteiger partial charge in [-0.1, -0.05) is 13.3 Å². The zero-order valence-electron chi connectivity index (χ0n) is 12.2. The van der Waals surface area contributed by atoms with Crippen LogP contribution >= 0.6 is 0 Å². The third-order valence-electron chi connectivity index (χ3n) is 3.90. The Morgan fingerprint density at radius 2 is 2.10 bits per heavy atom. The summed E-state index contributed by atoms with van der Waals surface area (Å²) in [5, 5.41) is 7.81. The van der Waals surface area contributed by atoms with E-state index < -0.39 is 0 Å². The van der Waals surface area contributed by atoms with Gasteiger partial charge in [-0.25, -0.2) is 9.97 Å². The van der Waals surface area contributed by atoms with Gasteiger partial charge in [-0.3, -0.25) is 9.89 Å². The van der Waals surface area contributed by atoms with Gasteiger partial charge in [0.15, 0.2) is 5.65 Å². The van der Waals surface area contributed by atoms with Crippen molar-refractivity contribution in [3.05, 3.63) is 12.5 Å². The summed E-state index contributed by atoms with van der Waals surface area (Å²) in [5.41, 5.74) is 0.751. The lowest BCUT2D eigenvalue weighted by atomic mass is 10.2. The first-order valence-corrected chi connectivity index (χ1v) is 7.46. The third kappa shape index (κ3) is 2.81. The Labute approximate surface area is 123 Å². The largest absolute Gasteiger partial charge is 0.352 e. The molecule has 0 bridgehead atoms. The molecular formula is C14H20N6O. The zero-order valence-corrected chi connectivity index (χ0v) is 12.2. The Kier molecular flexibility index (Phi) is 3.98. The van der Waals surface area contributed by atoms with Gasteiger partial charge in [0, 0.05) is 32.6 Å². The van der Waals surface area contributed by atoms with Crippen LogP contribution in [0.2, 0.25) is 0 Å². The molecule has 1 aliphatic rings. The molecule has 2 aromatic rings. The van der Waals surface area contributed by atoms with Gasteiger partial charge >= 0.3 is 0 Å². The van der Waals surface area contributed by atoms with Crippen LogP contribution in [0.1, 0.15) is 26.2 Å². The lowest BCUT2D eigenvalue weighted by molar-refractivity contribution is -0.131. The Morgan fingerprint density at radius 3 is 2.86 bits per heavy atom. The Bertz CT molecular complexity index is 617. The van der Waals surface area contributed by atoms with Crippen molar-refractivity contribution in [1.82, 2.24) is 25.1 Å². The van der Waals surface area contributed by atoms with Crippen molar-refractivity contribution in [3.63, 3.8) is 0 Å².